The number of carbonyl (C=O) groups excluding carboxylic acids is 2. The zero-order chi connectivity index (χ0) is 17.7. The fourth-order valence-electron chi connectivity index (χ4n) is 2.40. The second-order valence-corrected chi connectivity index (χ2v) is 5.60. The Bertz CT molecular complexity index is 758. The molecule has 24 heavy (non-hydrogen) atoms. The average Bonchev–Trinajstić information content (AvgIpc) is 2.56. The van der Waals surface area contributed by atoms with Gasteiger partial charge in [0.05, 0.1) is 13.5 Å². The number of nitrogens with zero attached hydrogens (tertiary/aromatic N) is 1. The van der Waals surface area contributed by atoms with E-state index in [2.05, 4.69) is 0 Å². The SMILES string of the molecule is COc1ccc(C(C)=O)cc1CC(=O)N(C)Cc1ccccc1F. The summed E-state index contributed by atoms with van der Waals surface area (Å²) in [6, 6.07) is 11.4. The quantitative estimate of drug-likeness (QED) is 0.764. The van der Waals surface area contributed by atoms with Gasteiger partial charge in [-0.05, 0) is 31.2 Å². The van der Waals surface area contributed by atoms with Gasteiger partial charge in [-0.1, -0.05) is 18.2 Å². The van der Waals surface area contributed by atoms with E-state index in [-0.39, 0.29) is 30.5 Å². The Morgan fingerprint density at radius 2 is 1.83 bits per heavy atom. The number of amides is 1. The van der Waals surface area contributed by atoms with Crippen molar-refractivity contribution in [3.8, 4) is 5.75 Å². The number of ketones is 1. The summed E-state index contributed by atoms with van der Waals surface area (Å²) in [5.74, 6) is -0.0516. The van der Waals surface area contributed by atoms with Crippen molar-refractivity contribution in [3.05, 3.63) is 65.0 Å². The van der Waals surface area contributed by atoms with Crippen molar-refractivity contribution in [2.75, 3.05) is 14.2 Å². The van der Waals surface area contributed by atoms with E-state index in [0.717, 1.165) is 0 Å². The Kier molecular flexibility index (Phi) is 5.68. The van der Waals surface area contributed by atoms with Crippen LogP contribution in [0.15, 0.2) is 42.5 Å². The molecule has 1 amide bonds. The van der Waals surface area contributed by atoms with Crippen molar-refractivity contribution in [1.29, 1.82) is 0 Å². The van der Waals surface area contributed by atoms with Crippen LogP contribution in [0.5, 0.6) is 5.75 Å². The smallest absolute Gasteiger partial charge is 0.227 e. The maximum atomic E-state index is 13.7. The monoisotopic (exact) mass is 329 g/mol. The summed E-state index contributed by atoms with van der Waals surface area (Å²) in [4.78, 5) is 25.4. The Morgan fingerprint density at radius 3 is 2.46 bits per heavy atom. The van der Waals surface area contributed by atoms with Crippen LogP contribution in [0.1, 0.15) is 28.4 Å². The summed E-state index contributed by atoms with van der Waals surface area (Å²) in [6.07, 6.45) is 0.0786. The molecule has 0 saturated carbocycles. The number of rotatable bonds is 6. The van der Waals surface area contributed by atoms with Gasteiger partial charge in [-0.25, -0.2) is 4.39 Å². The molecule has 0 atom stereocenters. The van der Waals surface area contributed by atoms with E-state index in [1.807, 2.05) is 0 Å². The van der Waals surface area contributed by atoms with Crippen molar-refractivity contribution in [2.24, 2.45) is 0 Å². The molecular formula is C19H20FNO3. The van der Waals surface area contributed by atoms with Gasteiger partial charge in [0.2, 0.25) is 5.91 Å². The Labute approximate surface area is 140 Å². The van der Waals surface area contributed by atoms with Crippen LogP contribution in [0.3, 0.4) is 0 Å². The molecule has 0 unspecified atom stereocenters. The molecule has 2 rings (SSSR count). The lowest BCUT2D eigenvalue weighted by Gasteiger charge is -2.19. The van der Waals surface area contributed by atoms with Crippen molar-refractivity contribution in [1.82, 2.24) is 4.90 Å². The van der Waals surface area contributed by atoms with Gasteiger partial charge in [-0.3, -0.25) is 9.59 Å². The number of carbonyl (C=O) groups is 2. The molecule has 0 heterocycles. The molecule has 0 N–H and O–H groups in total. The zero-order valence-electron chi connectivity index (χ0n) is 14.0. The third-order valence-corrected chi connectivity index (χ3v) is 3.82. The molecule has 0 fully saturated rings. The molecule has 0 saturated heterocycles. The van der Waals surface area contributed by atoms with Crippen LogP contribution in [-0.4, -0.2) is 30.7 Å². The summed E-state index contributed by atoms with van der Waals surface area (Å²) < 4.78 is 19.0. The number of hydrogen-bond donors (Lipinski definition) is 0. The first kappa shape index (κ1) is 17.7. The lowest BCUT2D eigenvalue weighted by atomic mass is 10.0. The number of likely N-dealkylation sites (N-methyl/N-ethyl adjacent to an activating group) is 1. The van der Waals surface area contributed by atoms with Gasteiger partial charge in [0.15, 0.2) is 5.78 Å². The third-order valence-electron chi connectivity index (χ3n) is 3.82. The van der Waals surface area contributed by atoms with Gasteiger partial charge >= 0.3 is 0 Å². The van der Waals surface area contributed by atoms with Gasteiger partial charge in [0, 0.05) is 30.3 Å². The fraction of sp³-hybridized carbons (Fsp3) is 0.263. The lowest BCUT2D eigenvalue weighted by Crippen LogP contribution is -2.28. The summed E-state index contributed by atoms with van der Waals surface area (Å²) >= 11 is 0. The van der Waals surface area contributed by atoms with E-state index in [1.54, 1.807) is 43.4 Å². The summed E-state index contributed by atoms with van der Waals surface area (Å²) in [5, 5.41) is 0. The van der Waals surface area contributed by atoms with Crippen molar-refractivity contribution in [2.45, 2.75) is 19.9 Å². The topological polar surface area (TPSA) is 46.6 Å². The summed E-state index contributed by atoms with van der Waals surface area (Å²) in [5.41, 5.74) is 1.61. The summed E-state index contributed by atoms with van der Waals surface area (Å²) in [6.45, 7) is 1.65. The molecule has 4 nitrogen and oxygen atoms in total. The van der Waals surface area contributed by atoms with Gasteiger partial charge < -0.3 is 9.64 Å². The zero-order valence-corrected chi connectivity index (χ0v) is 14.0. The first-order chi connectivity index (χ1) is 11.4. The number of methoxy groups -OCH3 is 1. The lowest BCUT2D eigenvalue weighted by molar-refractivity contribution is -0.129. The highest BCUT2D eigenvalue weighted by atomic mass is 19.1. The van der Waals surface area contributed by atoms with Crippen LogP contribution in [0.4, 0.5) is 4.39 Å². The minimum Gasteiger partial charge on any atom is -0.496 e. The Morgan fingerprint density at radius 1 is 1.12 bits per heavy atom. The minimum absolute atomic E-state index is 0.0777. The van der Waals surface area contributed by atoms with E-state index in [1.165, 1.54) is 25.0 Å². The molecule has 0 aliphatic rings. The minimum atomic E-state index is -0.340. The molecule has 0 radical (unpaired) electrons. The van der Waals surface area contributed by atoms with Crippen LogP contribution < -0.4 is 4.74 Å². The molecule has 5 heteroatoms. The predicted molar refractivity (Wildman–Crippen MR) is 89.6 cm³/mol. The van der Waals surface area contributed by atoms with Gasteiger partial charge in [-0.2, -0.15) is 0 Å². The normalized spacial score (nSPS) is 10.3. The standard InChI is InChI=1S/C19H20FNO3/c1-13(22)14-8-9-18(24-3)16(10-14)11-19(23)21(2)12-15-6-4-5-7-17(15)20/h4-10H,11-12H2,1-3H3. The highest BCUT2D eigenvalue weighted by Gasteiger charge is 2.16. The molecule has 0 aliphatic heterocycles. The van der Waals surface area contributed by atoms with E-state index in [4.69, 9.17) is 4.74 Å². The van der Waals surface area contributed by atoms with Crippen LogP contribution >= 0.6 is 0 Å². The van der Waals surface area contributed by atoms with Gasteiger partial charge in [0.1, 0.15) is 11.6 Å². The highest BCUT2D eigenvalue weighted by Crippen LogP contribution is 2.22. The van der Waals surface area contributed by atoms with Gasteiger partial charge in [0.25, 0.3) is 0 Å². The Balaban J connectivity index is 2.15. The Hall–Kier alpha value is -2.69. The number of ether oxygens (including phenoxy) is 1. The molecule has 0 aromatic heterocycles. The molecule has 126 valence electrons. The van der Waals surface area contributed by atoms with E-state index >= 15 is 0 Å². The highest BCUT2D eigenvalue weighted by molar-refractivity contribution is 5.94. The van der Waals surface area contributed by atoms with Crippen molar-refractivity contribution in [3.63, 3.8) is 0 Å². The maximum absolute atomic E-state index is 13.7. The second kappa shape index (κ2) is 7.73. The number of halogens is 1. The first-order valence-electron chi connectivity index (χ1n) is 7.57. The number of benzene rings is 2. The van der Waals surface area contributed by atoms with Crippen LogP contribution in [-0.2, 0) is 17.8 Å². The van der Waals surface area contributed by atoms with E-state index in [0.29, 0.717) is 22.4 Å². The molecular weight excluding hydrogens is 309 g/mol. The van der Waals surface area contributed by atoms with E-state index < -0.39 is 0 Å². The third kappa shape index (κ3) is 4.19. The predicted octanol–water partition coefficient (Wildman–Crippen LogP) is 3.24. The van der Waals surface area contributed by atoms with Crippen LogP contribution in [0.2, 0.25) is 0 Å². The fourth-order valence-corrected chi connectivity index (χ4v) is 2.40. The average molecular weight is 329 g/mol. The van der Waals surface area contributed by atoms with Crippen LogP contribution in [0, 0.1) is 5.82 Å². The number of hydrogen-bond acceptors (Lipinski definition) is 3. The van der Waals surface area contributed by atoms with Crippen molar-refractivity contribution >= 4 is 11.7 Å². The van der Waals surface area contributed by atoms with E-state index in [9.17, 15) is 14.0 Å². The molecule has 2 aromatic rings. The van der Waals surface area contributed by atoms with Crippen molar-refractivity contribution < 1.29 is 18.7 Å². The number of Topliss-reactive ketones (excluding diaryl/α,β-unsaturated/α-hetero) is 1. The first-order valence-corrected chi connectivity index (χ1v) is 7.57. The molecule has 0 spiro atoms. The summed E-state index contributed by atoms with van der Waals surface area (Å²) in [7, 11) is 3.13. The molecule has 0 aliphatic carbocycles. The van der Waals surface area contributed by atoms with Gasteiger partial charge in [-0.15, -0.1) is 0 Å². The van der Waals surface area contributed by atoms with Crippen LogP contribution in [0.25, 0.3) is 0 Å². The molecule has 2 aromatic carbocycles. The molecule has 0 bridgehead atoms. The maximum Gasteiger partial charge on any atom is 0.227 e. The largest absolute Gasteiger partial charge is 0.496 e. The second-order valence-electron chi connectivity index (χ2n) is 5.60.